The summed E-state index contributed by atoms with van der Waals surface area (Å²) in [5, 5.41) is 2.95. The van der Waals surface area contributed by atoms with E-state index in [2.05, 4.69) is 5.32 Å². The SMILES string of the molecule is COCCOCCCNC(=O)CCC1CCC(N)CC1. The Morgan fingerprint density at radius 3 is 2.65 bits per heavy atom. The largest absolute Gasteiger partial charge is 0.382 e. The molecule has 0 unspecified atom stereocenters. The molecule has 0 aromatic rings. The molecule has 20 heavy (non-hydrogen) atoms. The summed E-state index contributed by atoms with van der Waals surface area (Å²) in [5.41, 5.74) is 5.88. The standard InChI is InChI=1S/C15H30N2O3/c1-19-11-12-20-10-2-9-17-15(18)8-5-13-3-6-14(16)7-4-13/h13-14H,2-12,16H2,1H3,(H,17,18). The van der Waals surface area contributed by atoms with Crippen LogP contribution in [0.15, 0.2) is 0 Å². The van der Waals surface area contributed by atoms with Crippen LogP contribution in [-0.4, -0.2) is 45.4 Å². The van der Waals surface area contributed by atoms with Gasteiger partial charge in [-0.05, 0) is 44.4 Å². The predicted molar refractivity (Wildman–Crippen MR) is 79.5 cm³/mol. The van der Waals surface area contributed by atoms with Gasteiger partial charge in [0.2, 0.25) is 5.91 Å². The van der Waals surface area contributed by atoms with Crippen LogP contribution in [0.25, 0.3) is 0 Å². The van der Waals surface area contributed by atoms with Crippen LogP contribution in [0, 0.1) is 5.92 Å². The van der Waals surface area contributed by atoms with Crippen molar-refractivity contribution in [3.05, 3.63) is 0 Å². The fraction of sp³-hybridized carbons (Fsp3) is 0.933. The number of rotatable bonds is 10. The van der Waals surface area contributed by atoms with Crippen molar-refractivity contribution >= 4 is 5.91 Å². The molecule has 0 spiro atoms. The summed E-state index contributed by atoms with van der Waals surface area (Å²) < 4.78 is 10.2. The Hall–Kier alpha value is -0.650. The molecule has 0 bridgehead atoms. The minimum atomic E-state index is 0.164. The highest BCUT2D eigenvalue weighted by Crippen LogP contribution is 2.26. The summed E-state index contributed by atoms with van der Waals surface area (Å²) >= 11 is 0. The predicted octanol–water partition coefficient (Wildman–Crippen LogP) is 1.45. The molecule has 0 aromatic carbocycles. The molecule has 0 saturated heterocycles. The highest BCUT2D eigenvalue weighted by atomic mass is 16.5. The van der Waals surface area contributed by atoms with Gasteiger partial charge >= 0.3 is 0 Å². The van der Waals surface area contributed by atoms with Crippen LogP contribution in [0.3, 0.4) is 0 Å². The number of carbonyl (C=O) groups is 1. The van der Waals surface area contributed by atoms with Crippen molar-refractivity contribution in [3.8, 4) is 0 Å². The third-order valence-electron chi connectivity index (χ3n) is 3.89. The van der Waals surface area contributed by atoms with Gasteiger partial charge in [-0.2, -0.15) is 0 Å². The third-order valence-corrected chi connectivity index (χ3v) is 3.89. The topological polar surface area (TPSA) is 73.6 Å². The molecule has 5 nitrogen and oxygen atoms in total. The Bertz CT molecular complexity index is 254. The first-order valence-corrected chi connectivity index (χ1v) is 7.81. The Kier molecular flexibility index (Phi) is 9.62. The lowest BCUT2D eigenvalue weighted by molar-refractivity contribution is -0.121. The number of nitrogens with one attached hydrogen (secondary N) is 1. The van der Waals surface area contributed by atoms with E-state index in [-0.39, 0.29) is 5.91 Å². The molecule has 0 atom stereocenters. The quantitative estimate of drug-likeness (QED) is 0.596. The summed E-state index contributed by atoms with van der Waals surface area (Å²) in [4.78, 5) is 11.7. The van der Waals surface area contributed by atoms with Gasteiger partial charge in [-0.25, -0.2) is 0 Å². The maximum atomic E-state index is 11.7. The molecule has 0 aliphatic heterocycles. The maximum Gasteiger partial charge on any atom is 0.220 e. The first kappa shape index (κ1) is 17.4. The molecule has 0 aromatic heterocycles. The summed E-state index contributed by atoms with van der Waals surface area (Å²) in [5.74, 6) is 0.856. The number of hydrogen-bond acceptors (Lipinski definition) is 4. The second kappa shape index (κ2) is 11.1. The zero-order valence-electron chi connectivity index (χ0n) is 12.7. The van der Waals surface area contributed by atoms with Crippen molar-refractivity contribution in [1.82, 2.24) is 5.32 Å². The van der Waals surface area contributed by atoms with E-state index in [1.54, 1.807) is 7.11 Å². The molecule has 1 aliphatic carbocycles. The molecule has 0 radical (unpaired) electrons. The van der Waals surface area contributed by atoms with E-state index in [0.717, 1.165) is 25.7 Å². The Labute approximate surface area is 122 Å². The van der Waals surface area contributed by atoms with Gasteiger partial charge in [-0.1, -0.05) is 0 Å². The van der Waals surface area contributed by atoms with Gasteiger partial charge in [0.25, 0.3) is 0 Å². The number of amides is 1. The second-order valence-corrected chi connectivity index (χ2v) is 5.63. The molecule has 1 amide bonds. The Morgan fingerprint density at radius 1 is 1.20 bits per heavy atom. The summed E-state index contributed by atoms with van der Waals surface area (Å²) in [6.45, 7) is 2.61. The number of nitrogens with two attached hydrogens (primary N) is 1. The van der Waals surface area contributed by atoms with E-state index in [1.807, 2.05) is 0 Å². The normalized spacial score (nSPS) is 22.7. The minimum Gasteiger partial charge on any atom is -0.382 e. The third kappa shape index (κ3) is 8.51. The molecule has 0 heterocycles. The van der Waals surface area contributed by atoms with Gasteiger partial charge in [0.1, 0.15) is 0 Å². The van der Waals surface area contributed by atoms with Gasteiger partial charge in [0, 0.05) is 32.7 Å². The van der Waals surface area contributed by atoms with E-state index in [1.165, 1.54) is 12.8 Å². The van der Waals surface area contributed by atoms with Crippen LogP contribution < -0.4 is 11.1 Å². The summed E-state index contributed by atoms with van der Waals surface area (Å²) in [6.07, 6.45) is 7.10. The lowest BCUT2D eigenvalue weighted by Crippen LogP contribution is -2.28. The Morgan fingerprint density at radius 2 is 1.95 bits per heavy atom. The maximum absolute atomic E-state index is 11.7. The first-order chi connectivity index (χ1) is 9.72. The minimum absolute atomic E-state index is 0.164. The zero-order chi connectivity index (χ0) is 14.6. The highest BCUT2D eigenvalue weighted by molar-refractivity contribution is 5.75. The van der Waals surface area contributed by atoms with Crippen LogP contribution in [0.5, 0.6) is 0 Å². The zero-order valence-corrected chi connectivity index (χ0v) is 12.7. The van der Waals surface area contributed by atoms with Crippen molar-refractivity contribution in [2.75, 3.05) is 33.5 Å². The summed E-state index contributed by atoms with van der Waals surface area (Å²) in [6, 6.07) is 0.387. The molecule has 5 heteroatoms. The molecular weight excluding hydrogens is 256 g/mol. The summed E-state index contributed by atoms with van der Waals surface area (Å²) in [7, 11) is 1.66. The lowest BCUT2D eigenvalue weighted by Gasteiger charge is -2.25. The van der Waals surface area contributed by atoms with Crippen LogP contribution in [0.4, 0.5) is 0 Å². The van der Waals surface area contributed by atoms with Crippen LogP contribution in [0.2, 0.25) is 0 Å². The highest BCUT2D eigenvalue weighted by Gasteiger charge is 2.18. The van der Waals surface area contributed by atoms with Gasteiger partial charge in [0.05, 0.1) is 13.2 Å². The van der Waals surface area contributed by atoms with Crippen molar-refractivity contribution in [3.63, 3.8) is 0 Å². The molecule has 3 N–H and O–H groups in total. The molecule has 1 rings (SSSR count). The van der Waals surface area contributed by atoms with Crippen molar-refractivity contribution in [2.45, 2.75) is 51.0 Å². The smallest absolute Gasteiger partial charge is 0.220 e. The van der Waals surface area contributed by atoms with E-state index in [9.17, 15) is 4.79 Å². The number of carbonyl (C=O) groups excluding carboxylic acids is 1. The fourth-order valence-corrected chi connectivity index (χ4v) is 2.55. The van der Waals surface area contributed by atoms with E-state index in [0.29, 0.717) is 44.7 Å². The molecular formula is C15H30N2O3. The van der Waals surface area contributed by atoms with E-state index < -0.39 is 0 Å². The van der Waals surface area contributed by atoms with Crippen molar-refractivity contribution in [2.24, 2.45) is 11.7 Å². The van der Waals surface area contributed by atoms with Gasteiger partial charge in [0.15, 0.2) is 0 Å². The molecule has 1 aliphatic rings. The second-order valence-electron chi connectivity index (χ2n) is 5.63. The van der Waals surface area contributed by atoms with Crippen LogP contribution in [-0.2, 0) is 14.3 Å². The van der Waals surface area contributed by atoms with E-state index in [4.69, 9.17) is 15.2 Å². The van der Waals surface area contributed by atoms with Crippen molar-refractivity contribution in [1.29, 1.82) is 0 Å². The monoisotopic (exact) mass is 286 g/mol. The number of hydrogen-bond donors (Lipinski definition) is 2. The Balaban J connectivity index is 1.90. The molecule has 1 fully saturated rings. The average molecular weight is 286 g/mol. The van der Waals surface area contributed by atoms with Gasteiger partial charge < -0.3 is 20.5 Å². The average Bonchev–Trinajstić information content (AvgIpc) is 2.46. The van der Waals surface area contributed by atoms with Crippen LogP contribution in [0.1, 0.15) is 44.9 Å². The van der Waals surface area contributed by atoms with Gasteiger partial charge in [-0.3, -0.25) is 4.79 Å². The van der Waals surface area contributed by atoms with Crippen LogP contribution >= 0.6 is 0 Å². The fourth-order valence-electron chi connectivity index (χ4n) is 2.55. The number of methoxy groups -OCH3 is 1. The lowest BCUT2D eigenvalue weighted by atomic mass is 9.84. The van der Waals surface area contributed by atoms with E-state index >= 15 is 0 Å². The van der Waals surface area contributed by atoms with Gasteiger partial charge in [-0.15, -0.1) is 0 Å². The first-order valence-electron chi connectivity index (χ1n) is 7.81. The van der Waals surface area contributed by atoms with Crippen molar-refractivity contribution < 1.29 is 14.3 Å². The molecule has 118 valence electrons. The molecule has 1 saturated carbocycles. The number of ether oxygens (including phenoxy) is 2.